The summed E-state index contributed by atoms with van der Waals surface area (Å²) in [7, 11) is 4.11. The van der Waals surface area contributed by atoms with E-state index in [4.69, 9.17) is 0 Å². The third-order valence-electron chi connectivity index (χ3n) is 1.31. The van der Waals surface area contributed by atoms with Crippen molar-refractivity contribution < 1.29 is 0 Å². The van der Waals surface area contributed by atoms with Gasteiger partial charge in [-0.1, -0.05) is 0 Å². The van der Waals surface area contributed by atoms with Gasteiger partial charge >= 0.3 is 0 Å². The van der Waals surface area contributed by atoms with E-state index in [1.165, 1.54) is 0 Å². The summed E-state index contributed by atoms with van der Waals surface area (Å²) in [6.45, 7) is 1.96. The number of rotatable bonds is 4. The minimum atomic E-state index is 0.903. The molecule has 0 spiro atoms. The van der Waals surface area contributed by atoms with Gasteiger partial charge < -0.3 is 10.2 Å². The van der Waals surface area contributed by atoms with Gasteiger partial charge in [0.2, 0.25) is 0 Å². The summed E-state index contributed by atoms with van der Waals surface area (Å²) in [5, 5.41) is 6.18. The summed E-state index contributed by atoms with van der Waals surface area (Å²) in [5.41, 5.74) is 0. The minimum Gasteiger partial charge on any atom is -0.360 e. The van der Waals surface area contributed by atoms with Gasteiger partial charge in [0.1, 0.15) is 4.60 Å². The van der Waals surface area contributed by atoms with Crippen molar-refractivity contribution in [1.29, 1.82) is 0 Å². The van der Waals surface area contributed by atoms with Crippen molar-refractivity contribution in [2.45, 2.75) is 0 Å². The highest BCUT2D eigenvalue weighted by atomic mass is 79.9. The zero-order valence-electron chi connectivity index (χ0n) is 7.17. The molecule has 0 bridgehead atoms. The van der Waals surface area contributed by atoms with Gasteiger partial charge in [0.25, 0.3) is 0 Å². The van der Waals surface area contributed by atoms with Gasteiger partial charge in [0, 0.05) is 18.5 Å². The molecular weight excluding hydrogens is 238 g/mol. The molecule has 0 aliphatic heterocycles. The van der Waals surface area contributed by atoms with E-state index in [-0.39, 0.29) is 0 Å². The molecule has 0 aliphatic carbocycles. The number of anilines is 1. The lowest BCUT2D eigenvalue weighted by atomic mass is 10.6. The molecule has 1 heterocycles. The van der Waals surface area contributed by atoms with Crippen LogP contribution in [0.5, 0.6) is 0 Å². The van der Waals surface area contributed by atoms with Gasteiger partial charge in [0.05, 0.1) is 0 Å². The van der Waals surface area contributed by atoms with E-state index in [0.717, 1.165) is 22.8 Å². The first-order valence-electron chi connectivity index (χ1n) is 3.68. The van der Waals surface area contributed by atoms with Crippen LogP contribution in [0.2, 0.25) is 0 Å². The first-order chi connectivity index (χ1) is 5.68. The molecule has 0 aromatic carbocycles. The lowest BCUT2D eigenvalue weighted by molar-refractivity contribution is 0.425. The maximum atomic E-state index is 4.21. The number of hydrogen-bond acceptors (Lipinski definition) is 4. The van der Waals surface area contributed by atoms with E-state index >= 15 is 0 Å². The Morgan fingerprint density at radius 1 is 1.67 bits per heavy atom. The van der Waals surface area contributed by atoms with Crippen LogP contribution in [0.15, 0.2) is 9.98 Å². The van der Waals surface area contributed by atoms with Gasteiger partial charge in [0.15, 0.2) is 5.13 Å². The number of nitrogens with one attached hydrogen (secondary N) is 1. The van der Waals surface area contributed by atoms with Crippen LogP contribution >= 0.6 is 27.3 Å². The maximum Gasteiger partial charge on any atom is 0.183 e. The van der Waals surface area contributed by atoms with E-state index in [9.17, 15) is 0 Å². The van der Waals surface area contributed by atoms with Gasteiger partial charge in [-0.2, -0.15) is 0 Å². The van der Waals surface area contributed by atoms with Crippen molar-refractivity contribution in [2.24, 2.45) is 0 Å². The van der Waals surface area contributed by atoms with E-state index in [0.29, 0.717) is 0 Å². The third-order valence-corrected chi connectivity index (χ3v) is 2.82. The predicted octanol–water partition coefficient (Wildman–Crippen LogP) is 1.88. The second-order valence-corrected chi connectivity index (χ2v) is 4.38. The Bertz CT molecular complexity index is 236. The molecule has 3 nitrogen and oxygen atoms in total. The lowest BCUT2D eigenvalue weighted by Crippen LogP contribution is -2.20. The molecule has 0 saturated heterocycles. The number of hydrogen-bond donors (Lipinski definition) is 1. The zero-order valence-corrected chi connectivity index (χ0v) is 9.57. The second-order valence-electron chi connectivity index (χ2n) is 2.71. The molecule has 0 atom stereocenters. The normalized spacial score (nSPS) is 10.7. The van der Waals surface area contributed by atoms with Crippen LogP contribution < -0.4 is 5.32 Å². The molecule has 68 valence electrons. The van der Waals surface area contributed by atoms with Gasteiger partial charge in [-0.25, -0.2) is 4.98 Å². The largest absolute Gasteiger partial charge is 0.360 e. The smallest absolute Gasteiger partial charge is 0.183 e. The average Bonchev–Trinajstić information content (AvgIpc) is 2.35. The fourth-order valence-electron chi connectivity index (χ4n) is 0.722. The number of halogens is 1. The Morgan fingerprint density at radius 3 is 2.92 bits per heavy atom. The maximum absolute atomic E-state index is 4.21. The fourth-order valence-corrected chi connectivity index (χ4v) is 1.89. The Morgan fingerprint density at radius 2 is 2.42 bits per heavy atom. The van der Waals surface area contributed by atoms with E-state index < -0.39 is 0 Å². The topological polar surface area (TPSA) is 28.2 Å². The first-order valence-corrected chi connectivity index (χ1v) is 5.35. The summed E-state index contributed by atoms with van der Waals surface area (Å²) >= 11 is 4.92. The van der Waals surface area contributed by atoms with E-state index in [2.05, 4.69) is 45.2 Å². The summed E-state index contributed by atoms with van der Waals surface area (Å²) in [5.74, 6) is 0. The standard InChI is InChI=1S/C7H12BrN3S/c1-11(2)4-3-9-7-10-6(8)5-12-7/h5H,3-4H2,1-2H3,(H,9,10). The highest BCUT2D eigenvalue weighted by molar-refractivity contribution is 9.10. The summed E-state index contributed by atoms with van der Waals surface area (Å²) in [4.78, 5) is 6.35. The van der Waals surface area contributed by atoms with Crippen LogP contribution in [0, 0.1) is 0 Å². The number of thiazole rings is 1. The monoisotopic (exact) mass is 249 g/mol. The summed E-state index contributed by atoms with van der Waals surface area (Å²) < 4.78 is 0.903. The van der Waals surface area contributed by atoms with E-state index in [1.54, 1.807) is 11.3 Å². The Kier molecular flexibility index (Phi) is 3.97. The van der Waals surface area contributed by atoms with Gasteiger partial charge in [-0.15, -0.1) is 11.3 Å². The molecule has 1 N–H and O–H groups in total. The summed E-state index contributed by atoms with van der Waals surface area (Å²) in [6, 6.07) is 0. The Labute approximate surface area is 84.9 Å². The van der Waals surface area contributed by atoms with Crippen LogP contribution in [0.25, 0.3) is 0 Å². The van der Waals surface area contributed by atoms with E-state index in [1.807, 2.05) is 5.38 Å². The van der Waals surface area contributed by atoms with Crippen molar-refractivity contribution in [1.82, 2.24) is 9.88 Å². The molecule has 0 amide bonds. The molecule has 5 heteroatoms. The van der Waals surface area contributed by atoms with Crippen LogP contribution in [0.3, 0.4) is 0 Å². The van der Waals surface area contributed by atoms with Gasteiger partial charge in [-0.3, -0.25) is 0 Å². The van der Waals surface area contributed by atoms with Crippen molar-refractivity contribution in [2.75, 3.05) is 32.5 Å². The molecule has 0 fully saturated rings. The van der Waals surface area contributed by atoms with Crippen molar-refractivity contribution in [3.05, 3.63) is 9.98 Å². The number of aromatic nitrogens is 1. The Hall–Kier alpha value is -0.130. The van der Waals surface area contributed by atoms with Crippen molar-refractivity contribution in [3.8, 4) is 0 Å². The van der Waals surface area contributed by atoms with Gasteiger partial charge in [-0.05, 0) is 30.0 Å². The molecule has 1 rings (SSSR count). The average molecular weight is 250 g/mol. The molecule has 0 saturated carbocycles. The molecular formula is C7H12BrN3S. The van der Waals surface area contributed by atoms with Crippen molar-refractivity contribution in [3.63, 3.8) is 0 Å². The molecule has 1 aromatic rings. The number of nitrogens with zero attached hydrogens (tertiary/aromatic N) is 2. The quantitative estimate of drug-likeness (QED) is 0.884. The van der Waals surface area contributed by atoms with Crippen LogP contribution in [-0.2, 0) is 0 Å². The first kappa shape index (κ1) is 9.95. The van der Waals surface area contributed by atoms with Crippen LogP contribution in [0.4, 0.5) is 5.13 Å². The second kappa shape index (κ2) is 4.79. The third kappa shape index (κ3) is 3.51. The Balaban J connectivity index is 2.24. The molecule has 0 radical (unpaired) electrons. The highest BCUT2D eigenvalue weighted by Crippen LogP contribution is 2.18. The SMILES string of the molecule is CN(C)CCNc1nc(Br)cs1. The van der Waals surface area contributed by atoms with Crippen LogP contribution in [0.1, 0.15) is 0 Å². The summed E-state index contributed by atoms with van der Waals surface area (Å²) in [6.07, 6.45) is 0. The molecule has 12 heavy (non-hydrogen) atoms. The molecule has 0 unspecified atom stereocenters. The zero-order chi connectivity index (χ0) is 8.97. The highest BCUT2D eigenvalue weighted by Gasteiger charge is 1.97. The number of likely N-dealkylation sites (N-methyl/N-ethyl adjacent to an activating group) is 1. The minimum absolute atomic E-state index is 0.903. The molecule has 0 aliphatic rings. The van der Waals surface area contributed by atoms with Crippen molar-refractivity contribution >= 4 is 32.4 Å². The molecule has 1 aromatic heterocycles. The lowest BCUT2D eigenvalue weighted by Gasteiger charge is -2.08. The fraction of sp³-hybridized carbons (Fsp3) is 0.571. The van der Waals surface area contributed by atoms with Crippen LogP contribution in [-0.4, -0.2) is 37.1 Å². The predicted molar refractivity (Wildman–Crippen MR) is 56.9 cm³/mol.